The standard InChI is InChI=1S/C21H22F3N5S/c1-13(2)12-25-18-11-19(26-14-6-4-7-15(10-14)30-3)29-20(28-18)16-8-5-9-17(27-16)21(22,23)24/h4-11,13H,12H2,1-3H3,(H2,25,26,28,29). The van der Waals surface area contributed by atoms with Gasteiger partial charge in [-0.05, 0) is 42.5 Å². The van der Waals surface area contributed by atoms with E-state index in [0.29, 0.717) is 24.1 Å². The molecule has 0 saturated carbocycles. The van der Waals surface area contributed by atoms with E-state index in [1.54, 1.807) is 17.8 Å². The molecular weight excluding hydrogens is 411 g/mol. The summed E-state index contributed by atoms with van der Waals surface area (Å²) in [5.41, 5.74) is -0.108. The average Bonchev–Trinajstić information content (AvgIpc) is 2.72. The molecule has 1 aromatic carbocycles. The largest absolute Gasteiger partial charge is 0.433 e. The molecule has 0 aliphatic carbocycles. The highest BCUT2D eigenvalue weighted by Gasteiger charge is 2.32. The fraction of sp³-hybridized carbons (Fsp3) is 0.286. The normalized spacial score (nSPS) is 11.6. The first-order valence-corrected chi connectivity index (χ1v) is 10.6. The van der Waals surface area contributed by atoms with Gasteiger partial charge in [0.1, 0.15) is 23.0 Å². The van der Waals surface area contributed by atoms with Gasteiger partial charge in [-0.15, -0.1) is 11.8 Å². The lowest BCUT2D eigenvalue weighted by molar-refractivity contribution is -0.141. The molecule has 0 radical (unpaired) electrons. The highest BCUT2D eigenvalue weighted by Crippen LogP contribution is 2.30. The second-order valence-corrected chi connectivity index (χ2v) is 7.88. The summed E-state index contributed by atoms with van der Waals surface area (Å²) in [6.45, 7) is 4.76. The smallest absolute Gasteiger partial charge is 0.370 e. The van der Waals surface area contributed by atoms with Crippen molar-refractivity contribution >= 4 is 29.1 Å². The van der Waals surface area contributed by atoms with Crippen LogP contribution in [0.15, 0.2) is 53.4 Å². The van der Waals surface area contributed by atoms with Gasteiger partial charge in [-0.1, -0.05) is 26.0 Å². The van der Waals surface area contributed by atoms with Gasteiger partial charge >= 0.3 is 6.18 Å². The minimum Gasteiger partial charge on any atom is -0.370 e. The predicted octanol–water partition coefficient (Wildman–Crippen LogP) is 6.09. The molecule has 0 spiro atoms. The highest BCUT2D eigenvalue weighted by atomic mass is 32.2. The van der Waals surface area contributed by atoms with Crippen LogP contribution in [0.5, 0.6) is 0 Å². The van der Waals surface area contributed by atoms with Crippen molar-refractivity contribution in [1.82, 2.24) is 15.0 Å². The van der Waals surface area contributed by atoms with E-state index in [1.807, 2.05) is 30.5 Å². The molecule has 0 fully saturated rings. The van der Waals surface area contributed by atoms with Crippen molar-refractivity contribution in [3.05, 3.63) is 54.2 Å². The number of anilines is 3. The van der Waals surface area contributed by atoms with Crippen LogP contribution in [-0.2, 0) is 6.18 Å². The van der Waals surface area contributed by atoms with Crippen LogP contribution in [0.3, 0.4) is 0 Å². The third-order valence-corrected chi connectivity index (χ3v) is 4.75. The zero-order valence-electron chi connectivity index (χ0n) is 16.8. The number of hydrogen-bond acceptors (Lipinski definition) is 6. The molecule has 0 saturated heterocycles. The van der Waals surface area contributed by atoms with Gasteiger partial charge < -0.3 is 10.6 Å². The van der Waals surface area contributed by atoms with Gasteiger partial charge in [0.15, 0.2) is 5.82 Å². The number of aromatic nitrogens is 3. The van der Waals surface area contributed by atoms with Crippen LogP contribution in [0.4, 0.5) is 30.5 Å². The Balaban J connectivity index is 2.00. The lowest BCUT2D eigenvalue weighted by Crippen LogP contribution is -2.12. The van der Waals surface area contributed by atoms with Gasteiger partial charge in [-0.3, -0.25) is 0 Å². The number of nitrogens with zero attached hydrogens (tertiary/aromatic N) is 3. The first-order valence-electron chi connectivity index (χ1n) is 9.33. The summed E-state index contributed by atoms with van der Waals surface area (Å²) in [5, 5.41) is 6.41. The lowest BCUT2D eigenvalue weighted by atomic mass is 10.2. The molecule has 158 valence electrons. The van der Waals surface area contributed by atoms with Crippen molar-refractivity contribution in [3.8, 4) is 11.5 Å². The van der Waals surface area contributed by atoms with Crippen molar-refractivity contribution in [2.45, 2.75) is 24.9 Å². The molecule has 2 aromatic heterocycles. The SMILES string of the molecule is CSc1cccc(Nc2cc(NCC(C)C)nc(-c3cccc(C(F)(F)F)n3)n2)c1. The van der Waals surface area contributed by atoms with E-state index in [4.69, 9.17) is 0 Å². The van der Waals surface area contributed by atoms with Crippen molar-refractivity contribution in [2.24, 2.45) is 5.92 Å². The van der Waals surface area contributed by atoms with E-state index in [1.165, 1.54) is 12.1 Å². The Morgan fingerprint density at radius 3 is 2.40 bits per heavy atom. The van der Waals surface area contributed by atoms with Gasteiger partial charge in [0.25, 0.3) is 0 Å². The molecule has 3 rings (SSSR count). The third-order valence-electron chi connectivity index (χ3n) is 4.03. The van der Waals surface area contributed by atoms with Crippen LogP contribution in [0.1, 0.15) is 19.5 Å². The number of pyridine rings is 1. The zero-order valence-corrected chi connectivity index (χ0v) is 17.6. The summed E-state index contributed by atoms with van der Waals surface area (Å²) in [6.07, 6.45) is -2.56. The molecular formula is C21H22F3N5S. The summed E-state index contributed by atoms with van der Waals surface area (Å²) < 4.78 is 39.2. The number of thioether (sulfide) groups is 1. The molecule has 2 N–H and O–H groups in total. The first-order chi connectivity index (χ1) is 14.2. The molecule has 2 heterocycles. The molecule has 0 aliphatic rings. The molecule has 30 heavy (non-hydrogen) atoms. The second kappa shape index (κ2) is 9.34. The Kier molecular flexibility index (Phi) is 6.81. The summed E-state index contributed by atoms with van der Waals surface area (Å²) in [5.74, 6) is 1.45. The number of halogens is 3. The van der Waals surface area contributed by atoms with Crippen molar-refractivity contribution in [3.63, 3.8) is 0 Å². The van der Waals surface area contributed by atoms with E-state index in [0.717, 1.165) is 16.6 Å². The molecule has 3 aromatic rings. The van der Waals surface area contributed by atoms with Gasteiger partial charge in [0.05, 0.1) is 0 Å². The van der Waals surface area contributed by atoms with Crippen molar-refractivity contribution in [2.75, 3.05) is 23.4 Å². The summed E-state index contributed by atoms with van der Waals surface area (Å²) >= 11 is 1.61. The number of benzene rings is 1. The molecule has 9 heteroatoms. The molecule has 0 bridgehead atoms. The summed E-state index contributed by atoms with van der Waals surface area (Å²) in [7, 11) is 0. The Hall–Kier alpha value is -2.81. The third kappa shape index (κ3) is 5.85. The number of alkyl halides is 3. The molecule has 0 atom stereocenters. The minimum atomic E-state index is -4.54. The number of nitrogens with one attached hydrogen (secondary N) is 2. The van der Waals surface area contributed by atoms with Crippen LogP contribution in [0.25, 0.3) is 11.5 Å². The van der Waals surface area contributed by atoms with Gasteiger partial charge in [-0.2, -0.15) is 13.2 Å². The van der Waals surface area contributed by atoms with E-state index in [9.17, 15) is 13.2 Å². The van der Waals surface area contributed by atoms with Crippen LogP contribution < -0.4 is 10.6 Å². The number of hydrogen-bond donors (Lipinski definition) is 2. The quantitative estimate of drug-likeness (QED) is 0.440. The fourth-order valence-corrected chi connectivity index (χ4v) is 3.05. The van der Waals surface area contributed by atoms with Crippen LogP contribution >= 0.6 is 11.8 Å². The molecule has 5 nitrogen and oxygen atoms in total. The maximum absolute atomic E-state index is 13.1. The van der Waals surface area contributed by atoms with Gasteiger partial charge in [0.2, 0.25) is 0 Å². The van der Waals surface area contributed by atoms with E-state index in [-0.39, 0.29) is 11.5 Å². The monoisotopic (exact) mass is 433 g/mol. The Bertz CT molecular complexity index is 1010. The molecule has 0 amide bonds. The van der Waals surface area contributed by atoms with E-state index in [2.05, 4.69) is 39.4 Å². The Morgan fingerprint density at radius 1 is 0.967 bits per heavy atom. The maximum atomic E-state index is 13.1. The van der Waals surface area contributed by atoms with Crippen LogP contribution in [-0.4, -0.2) is 27.8 Å². The Morgan fingerprint density at radius 2 is 1.70 bits per heavy atom. The lowest BCUT2D eigenvalue weighted by Gasteiger charge is -2.13. The van der Waals surface area contributed by atoms with E-state index < -0.39 is 11.9 Å². The highest BCUT2D eigenvalue weighted by molar-refractivity contribution is 7.98. The predicted molar refractivity (Wildman–Crippen MR) is 115 cm³/mol. The first kappa shape index (κ1) is 21.9. The van der Waals surface area contributed by atoms with Crippen LogP contribution in [0.2, 0.25) is 0 Å². The second-order valence-electron chi connectivity index (χ2n) is 7.00. The topological polar surface area (TPSA) is 62.7 Å². The summed E-state index contributed by atoms with van der Waals surface area (Å²) in [4.78, 5) is 13.6. The molecule has 0 unspecified atom stereocenters. The van der Waals surface area contributed by atoms with Crippen molar-refractivity contribution < 1.29 is 13.2 Å². The maximum Gasteiger partial charge on any atom is 0.433 e. The zero-order chi connectivity index (χ0) is 21.7. The van der Waals surface area contributed by atoms with Gasteiger partial charge in [-0.25, -0.2) is 15.0 Å². The Labute approximate surface area is 177 Å². The number of rotatable bonds is 7. The van der Waals surface area contributed by atoms with Crippen molar-refractivity contribution in [1.29, 1.82) is 0 Å². The van der Waals surface area contributed by atoms with Crippen LogP contribution in [0, 0.1) is 5.92 Å². The average molecular weight is 434 g/mol. The van der Waals surface area contributed by atoms with Gasteiger partial charge in [0, 0.05) is 23.2 Å². The van der Waals surface area contributed by atoms with E-state index >= 15 is 0 Å². The minimum absolute atomic E-state index is 0.0546. The summed E-state index contributed by atoms with van der Waals surface area (Å²) in [6, 6.07) is 13.2. The molecule has 0 aliphatic heterocycles. The fourth-order valence-electron chi connectivity index (χ4n) is 2.59.